The van der Waals surface area contributed by atoms with Gasteiger partial charge in [-0.1, -0.05) is 12.1 Å². The van der Waals surface area contributed by atoms with Crippen LogP contribution in [0.3, 0.4) is 0 Å². The Hall–Kier alpha value is -2.55. The highest BCUT2D eigenvalue weighted by Gasteiger charge is 2.30. The van der Waals surface area contributed by atoms with Crippen molar-refractivity contribution in [1.29, 1.82) is 5.26 Å². The van der Waals surface area contributed by atoms with E-state index >= 15 is 0 Å². The van der Waals surface area contributed by atoms with E-state index in [4.69, 9.17) is 11.0 Å². The van der Waals surface area contributed by atoms with Gasteiger partial charge in [0.25, 0.3) is 0 Å². The van der Waals surface area contributed by atoms with E-state index in [1.807, 2.05) is 6.07 Å². The van der Waals surface area contributed by atoms with Gasteiger partial charge in [0.2, 0.25) is 0 Å². The van der Waals surface area contributed by atoms with Crippen molar-refractivity contribution in [2.75, 3.05) is 5.73 Å². The summed E-state index contributed by atoms with van der Waals surface area (Å²) in [5.41, 5.74) is 6.79. The molecule has 0 radical (unpaired) electrons. The lowest BCUT2D eigenvalue weighted by Gasteiger charge is -2.09. The maximum atomic E-state index is 12.5. The van der Waals surface area contributed by atoms with Gasteiger partial charge in [0.1, 0.15) is 0 Å². The number of nitrogens with two attached hydrogens (primary N) is 1. The normalized spacial score (nSPS) is 11.1. The van der Waals surface area contributed by atoms with Crippen LogP contribution in [0, 0.1) is 11.3 Å². The number of halogens is 3. The number of alkyl halides is 3. The van der Waals surface area contributed by atoms with Crippen LogP contribution in [0.15, 0.2) is 36.4 Å². The molecule has 0 spiro atoms. The van der Waals surface area contributed by atoms with Gasteiger partial charge in [0.05, 0.1) is 35.1 Å². The molecule has 2 aromatic rings. The number of nitrogen functional groups attached to an aromatic ring is 1. The van der Waals surface area contributed by atoms with Crippen molar-refractivity contribution in [3.8, 4) is 17.3 Å². The van der Waals surface area contributed by atoms with Crippen LogP contribution in [0.25, 0.3) is 11.3 Å². The number of rotatable bonds is 2. The highest BCUT2D eigenvalue weighted by Crippen LogP contribution is 2.31. The molecule has 1 heterocycles. The number of aromatic nitrogens is 1. The van der Waals surface area contributed by atoms with Crippen molar-refractivity contribution >= 4 is 5.69 Å². The minimum Gasteiger partial charge on any atom is -0.397 e. The largest absolute Gasteiger partial charge is 0.416 e. The molecule has 0 bridgehead atoms. The summed E-state index contributed by atoms with van der Waals surface area (Å²) in [5.74, 6) is 0. The van der Waals surface area contributed by atoms with E-state index in [1.54, 1.807) is 12.1 Å². The van der Waals surface area contributed by atoms with Gasteiger partial charge in [-0.25, -0.2) is 4.98 Å². The third-order valence-corrected chi connectivity index (χ3v) is 2.73. The van der Waals surface area contributed by atoms with Crippen molar-refractivity contribution < 1.29 is 13.2 Å². The zero-order chi connectivity index (χ0) is 14.8. The third kappa shape index (κ3) is 2.88. The molecule has 0 aliphatic heterocycles. The van der Waals surface area contributed by atoms with Crippen LogP contribution in [0.1, 0.15) is 11.3 Å². The fourth-order valence-electron chi connectivity index (χ4n) is 1.74. The summed E-state index contributed by atoms with van der Waals surface area (Å²) in [7, 11) is 0. The van der Waals surface area contributed by atoms with Gasteiger partial charge in [0, 0.05) is 5.56 Å². The van der Waals surface area contributed by atoms with Crippen LogP contribution in [-0.4, -0.2) is 4.98 Å². The molecular weight excluding hydrogens is 267 g/mol. The van der Waals surface area contributed by atoms with Crippen molar-refractivity contribution in [2.24, 2.45) is 0 Å². The van der Waals surface area contributed by atoms with Crippen molar-refractivity contribution in [2.45, 2.75) is 12.6 Å². The second kappa shape index (κ2) is 5.21. The van der Waals surface area contributed by atoms with E-state index in [-0.39, 0.29) is 6.42 Å². The summed E-state index contributed by atoms with van der Waals surface area (Å²) >= 11 is 0. The highest BCUT2D eigenvalue weighted by atomic mass is 19.4. The van der Waals surface area contributed by atoms with E-state index in [0.717, 1.165) is 12.1 Å². The standard InChI is InChI=1S/C14H10F3N3/c15-14(16,17)10-3-1-9(2-4-10)13-12(19)6-5-11(20-13)7-8-18/h1-6H,7,19H2. The first kappa shape index (κ1) is 13.9. The summed E-state index contributed by atoms with van der Waals surface area (Å²) in [6, 6.07) is 9.76. The minimum absolute atomic E-state index is 0.119. The smallest absolute Gasteiger partial charge is 0.397 e. The van der Waals surface area contributed by atoms with E-state index in [2.05, 4.69) is 4.98 Å². The lowest BCUT2D eigenvalue weighted by molar-refractivity contribution is -0.137. The Labute approximate surface area is 113 Å². The Kier molecular flexibility index (Phi) is 3.61. The van der Waals surface area contributed by atoms with Gasteiger partial charge >= 0.3 is 6.18 Å². The number of hydrogen-bond acceptors (Lipinski definition) is 3. The molecular formula is C14H10F3N3. The van der Waals surface area contributed by atoms with Crippen LogP contribution >= 0.6 is 0 Å². The predicted octanol–water partition coefficient (Wildman–Crippen LogP) is 3.42. The van der Waals surface area contributed by atoms with Crippen LogP contribution in [0.5, 0.6) is 0 Å². The molecule has 102 valence electrons. The molecule has 6 heteroatoms. The molecule has 0 fully saturated rings. The number of benzene rings is 1. The molecule has 2 N–H and O–H groups in total. The zero-order valence-electron chi connectivity index (χ0n) is 10.3. The maximum absolute atomic E-state index is 12.5. The molecule has 1 aromatic carbocycles. The van der Waals surface area contributed by atoms with Gasteiger partial charge < -0.3 is 5.73 Å². The second-order valence-corrected chi connectivity index (χ2v) is 4.15. The van der Waals surface area contributed by atoms with Gasteiger partial charge in [0.15, 0.2) is 0 Å². The fourth-order valence-corrected chi connectivity index (χ4v) is 1.74. The molecule has 3 nitrogen and oxygen atoms in total. The molecule has 0 atom stereocenters. The van der Waals surface area contributed by atoms with E-state index in [9.17, 15) is 13.2 Å². The number of hydrogen-bond donors (Lipinski definition) is 1. The molecule has 0 aliphatic rings. The maximum Gasteiger partial charge on any atom is 0.416 e. The third-order valence-electron chi connectivity index (χ3n) is 2.73. The van der Waals surface area contributed by atoms with E-state index < -0.39 is 11.7 Å². The van der Waals surface area contributed by atoms with Crippen LogP contribution in [0.2, 0.25) is 0 Å². The molecule has 0 aliphatic carbocycles. The Bertz CT molecular complexity index is 655. The van der Waals surface area contributed by atoms with Crippen molar-refractivity contribution in [3.05, 3.63) is 47.7 Å². The zero-order valence-corrected chi connectivity index (χ0v) is 10.3. The average Bonchev–Trinajstić information content (AvgIpc) is 2.40. The van der Waals surface area contributed by atoms with Crippen LogP contribution in [-0.2, 0) is 12.6 Å². The Morgan fingerprint density at radius 1 is 1.10 bits per heavy atom. The first-order valence-corrected chi connectivity index (χ1v) is 5.72. The molecule has 2 rings (SSSR count). The van der Waals surface area contributed by atoms with E-state index in [0.29, 0.717) is 22.6 Å². The predicted molar refractivity (Wildman–Crippen MR) is 68.4 cm³/mol. The lowest BCUT2D eigenvalue weighted by atomic mass is 10.1. The van der Waals surface area contributed by atoms with E-state index in [1.165, 1.54) is 12.1 Å². The van der Waals surface area contributed by atoms with Crippen molar-refractivity contribution in [1.82, 2.24) is 4.98 Å². The Balaban J connectivity index is 2.41. The monoisotopic (exact) mass is 277 g/mol. The van der Waals surface area contributed by atoms with Crippen LogP contribution in [0.4, 0.5) is 18.9 Å². The quantitative estimate of drug-likeness (QED) is 0.914. The van der Waals surface area contributed by atoms with Gasteiger partial charge in [-0.05, 0) is 24.3 Å². The minimum atomic E-state index is -4.37. The number of anilines is 1. The van der Waals surface area contributed by atoms with Crippen LogP contribution < -0.4 is 5.73 Å². The second-order valence-electron chi connectivity index (χ2n) is 4.15. The summed E-state index contributed by atoms with van der Waals surface area (Å²) in [5, 5.41) is 8.63. The molecule has 1 aromatic heterocycles. The molecule has 0 saturated heterocycles. The summed E-state index contributed by atoms with van der Waals surface area (Å²) in [6.45, 7) is 0. The molecule has 20 heavy (non-hydrogen) atoms. The Morgan fingerprint density at radius 2 is 1.75 bits per heavy atom. The van der Waals surface area contributed by atoms with Gasteiger partial charge in [-0.3, -0.25) is 0 Å². The summed E-state index contributed by atoms with van der Waals surface area (Å²) in [6.07, 6.45) is -4.26. The highest BCUT2D eigenvalue weighted by molar-refractivity contribution is 5.72. The number of nitrogens with zero attached hydrogens (tertiary/aromatic N) is 2. The van der Waals surface area contributed by atoms with Crippen molar-refractivity contribution in [3.63, 3.8) is 0 Å². The molecule has 0 unspecified atom stereocenters. The fraction of sp³-hybridized carbons (Fsp3) is 0.143. The number of nitriles is 1. The Morgan fingerprint density at radius 3 is 2.30 bits per heavy atom. The SMILES string of the molecule is N#CCc1ccc(N)c(-c2ccc(C(F)(F)F)cc2)n1. The molecule has 0 amide bonds. The molecule has 0 saturated carbocycles. The summed E-state index contributed by atoms with van der Waals surface area (Å²) < 4.78 is 37.5. The summed E-state index contributed by atoms with van der Waals surface area (Å²) in [4.78, 5) is 4.20. The lowest BCUT2D eigenvalue weighted by Crippen LogP contribution is -2.04. The topological polar surface area (TPSA) is 62.7 Å². The van der Waals surface area contributed by atoms with Gasteiger partial charge in [-0.2, -0.15) is 18.4 Å². The van der Waals surface area contributed by atoms with Gasteiger partial charge in [-0.15, -0.1) is 0 Å². The average molecular weight is 277 g/mol. The number of pyridine rings is 1. The first-order chi connectivity index (χ1) is 9.41. The first-order valence-electron chi connectivity index (χ1n) is 5.72.